The Hall–Kier alpha value is -2.50. The molecule has 0 aliphatic carbocycles. The number of hydrogen-bond donors (Lipinski definition) is 2. The normalized spacial score (nSPS) is 12.0. The Bertz CT molecular complexity index is 689. The number of aromatic carboxylic acids is 1. The number of carboxylic acids is 1. The van der Waals surface area contributed by atoms with Crippen molar-refractivity contribution in [2.24, 2.45) is 0 Å². The van der Waals surface area contributed by atoms with E-state index in [-0.39, 0.29) is 5.69 Å². The molecule has 0 aliphatic heterocycles. The fourth-order valence-corrected chi connectivity index (χ4v) is 1.92. The molecule has 21 heavy (non-hydrogen) atoms. The van der Waals surface area contributed by atoms with Crippen molar-refractivity contribution in [3.05, 3.63) is 65.0 Å². The highest BCUT2D eigenvalue weighted by Gasteiger charge is 2.17. The SMILES string of the molecule is CC(Nc1cc(C(=O)O)c(F)cc1F)c1cccc(F)c1. The van der Waals surface area contributed by atoms with Crippen LogP contribution in [0.4, 0.5) is 18.9 Å². The van der Waals surface area contributed by atoms with Gasteiger partial charge in [-0.3, -0.25) is 0 Å². The maximum Gasteiger partial charge on any atom is 0.338 e. The minimum atomic E-state index is -1.49. The summed E-state index contributed by atoms with van der Waals surface area (Å²) in [5, 5.41) is 11.5. The maximum atomic E-state index is 13.7. The van der Waals surface area contributed by atoms with E-state index in [0.29, 0.717) is 11.6 Å². The zero-order chi connectivity index (χ0) is 15.6. The molecular weight excluding hydrogens is 283 g/mol. The number of anilines is 1. The first-order valence-corrected chi connectivity index (χ1v) is 6.13. The highest BCUT2D eigenvalue weighted by atomic mass is 19.1. The summed E-state index contributed by atoms with van der Waals surface area (Å²) in [7, 11) is 0. The predicted octanol–water partition coefficient (Wildman–Crippen LogP) is 3.98. The van der Waals surface area contributed by atoms with Gasteiger partial charge >= 0.3 is 5.97 Å². The summed E-state index contributed by atoms with van der Waals surface area (Å²) in [5.41, 5.74) is -0.244. The zero-order valence-electron chi connectivity index (χ0n) is 11.0. The topological polar surface area (TPSA) is 49.3 Å². The minimum absolute atomic E-state index is 0.162. The molecule has 0 aliphatic rings. The maximum absolute atomic E-state index is 13.7. The van der Waals surface area contributed by atoms with E-state index in [2.05, 4.69) is 5.32 Å². The molecule has 0 radical (unpaired) electrons. The minimum Gasteiger partial charge on any atom is -0.478 e. The van der Waals surface area contributed by atoms with Crippen LogP contribution in [0.1, 0.15) is 28.9 Å². The Morgan fingerprint density at radius 2 is 1.86 bits per heavy atom. The van der Waals surface area contributed by atoms with E-state index in [0.717, 1.165) is 6.07 Å². The Morgan fingerprint density at radius 3 is 2.48 bits per heavy atom. The van der Waals surface area contributed by atoms with Crippen molar-refractivity contribution >= 4 is 11.7 Å². The van der Waals surface area contributed by atoms with Gasteiger partial charge in [0.1, 0.15) is 17.5 Å². The van der Waals surface area contributed by atoms with Gasteiger partial charge in [-0.05, 0) is 30.7 Å². The largest absolute Gasteiger partial charge is 0.478 e. The van der Waals surface area contributed by atoms with Gasteiger partial charge in [-0.1, -0.05) is 12.1 Å². The molecule has 3 nitrogen and oxygen atoms in total. The van der Waals surface area contributed by atoms with E-state index in [9.17, 15) is 18.0 Å². The molecule has 2 aromatic carbocycles. The van der Waals surface area contributed by atoms with Gasteiger partial charge in [-0.25, -0.2) is 18.0 Å². The van der Waals surface area contributed by atoms with Crippen LogP contribution in [0.3, 0.4) is 0 Å². The third-order valence-electron chi connectivity index (χ3n) is 3.01. The summed E-state index contributed by atoms with van der Waals surface area (Å²) in [6, 6.07) is 6.59. The standard InChI is InChI=1S/C15H12F3NO2/c1-8(9-3-2-4-10(16)5-9)19-14-6-11(15(20)21)12(17)7-13(14)18/h2-8,19H,1H3,(H,20,21). The third kappa shape index (κ3) is 3.34. The van der Waals surface area contributed by atoms with E-state index in [1.54, 1.807) is 13.0 Å². The van der Waals surface area contributed by atoms with E-state index >= 15 is 0 Å². The van der Waals surface area contributed by atoms with Crippen LogP contribution in [-0.2, 0) is 0 Å². The molecule has 2 N–H and O–H groups in total. The van der Waals surface area contributed by atoms with Crippen LogP contribution in [0.15, 0.2) is 36.4 Å². The Kier molecular flexibility index (Phi) is 4.16. The van der Waals surface area contributed by atoms with Crippen LogP contribution in [0.2, 0.25) is 0 Å². The van der Waals surface area contributed by atoms with Gasteiger partial charge in [-0.2, -0.15) is 0 Å². The number of rotatable bonds is 4. The molecule has 0 saturated carbocycles. The molecule has 6 heteroatoms. The lowest BCUT2D eigenvalue weighted by atomic mass is 10.1. The van der Waals surface area contributed by atoms with Crippen molar-refractivity contribution in [1.82, 2.24) is 0 Å². The average Bonchev–Trinajstić information content (AvgIpc) is 2.41. The molecule has 2 aromatic rings. The molecule has 2 rings (SSSR count). The average molecular weight is 295 g/mol. The molecule has 0 saturated heterocycles. The van der Waals surface area contributed by atoms with E-state index in [4.69, 9.17) is 5.11 Å². The van der Waals surface area contributed by atoms with Crippen molar-refractivity contribution in [3.63, 3.8) is 0 Å². The molecule has 0 aromatic heterocycles. The lowest BCUT2D eigenvalue weighted by molar-refractivity contribution is 0.0692. The summed E-state index contributed by atoms with van der Waals surface area (Å²) in [6.07, 6.45) is 0. The Labute approximate surface area is 119 Å². The number of nitrogens with one attached hydrogen (secondary N) is 1. The highest BCUT2D eigenvalue weighted by Crippen LogP contribution is 2.25. The van der Waals surface area contributed by atoms with Gasteiger partial charge in [0.15, 0.2) is 0 Å². The quantitative estimate of drug-likeness (QED) is 0.897. The fraction of sp³-hybridized carbons (Fsp3) is 0.133. The van der Waals surface area contributed by atoms with Crippen molar-refractivity contribution < 1.29 is 23.1 Å². The van der Waals surface area contributed by atoms with Crippen molar-refractivity contribution in [3.8, 4) is 0 Å². The monoisotopic (exact) mass is 295 g/mol. The predicted molar refractivity (Wildman–Crippen MR) is 71.8 cm³/mol. The molecule has 1 unspecified atom stereocenters. The van der Waals surface area contributed by atoms with E-state index in [1.807, 2.05) is 0 Å². The molecule has 0 amide bonds. The van der Waals surface area contributed by atoms with Crippen molar-refractivity contribution in [2.75, 3.05) is 5.32 Å². The van der Waals surface area contributed by atoms with Gasteiger partial charge in [0.05, 0.1) is 11.3 Å². The second-order valence-corrected chi connectivity index (χ2v) is 4.54. The second-order valence-electron chi connectivity index (χ2n) is 4.54. The highest BCUT2D eigenvalue weighted by molar-refractivity contribution is 5.89. The summed E-state index contributed by atoms with van der Waals surface area (Å²) >= 11 is 0. The van der Waals surface area contributed by atoms with Crippen LogP contribution in [-0.4, -0.2) is 11.1 Å². The molecule has 110 valence electrons. The number of halogens is 3. The van der Waals surface area contributed by atoms with E-state index in [1.165, 1.54) is 18.2 Å². The van der Waals surface area contributed by atoms with Gasteiger partial charge in [-0.15, -0.1) is 0 Å². The Balaban J connectivity index is 2.31. The van der Waals surface area contributed by atoms with Gasteiger partial charge in [0.25, 0.3) is 0 Å². The molecule has 0 fully saturated rings. The van der Waals surface area contributed by atoms with Crippen LogP contribution in [0.25, 0.3) is 0 Å². The van der Waals surface area contributed by atoms with Crippen LogP contribution in [0, 0.1) is 17.5 Å². The molecule has 0 heterocycles. The summed E-state index contributed by atoms with van der Waals surface area (Å²) < 4.78 is 40.1. The number of hydrogen-bond acceptors (Lipinski definition) is 2. The first-order chi connectivity index (χ1) is 9.88. The second kappa shape index (κ2) is 5.87. The first-order valence-electron chi connectivity index (χ1n) is 6.13. The summed E-state index contributed by atoms with van der Waals surface area (Å²) in [5.74, 6) is -3.99. The Morgan fingerprint density at radius 1 is 1.14 bits per heavy atom. The molecule has 1 atom stereocenters. The zero-order valence-corrected chi connectivity index (χ0v) is 11.0. The van der Waals surface area contributed by atoms with Gasteiger partial charge < -0.3 is 10.4 Å². The lowest BCUT2D eigenvalue weighted by Crippen LogP contribution is -2.10. The smallest absolute Gasteiger partial charge is 0.338 e. The summed E-state index contributed by atoms with van der Waals surface area (Å²) in [6.45, 7) is 1.65. The van der Waals surface area contributed by atoms with Crippen LogP contribution < -0.4 is 5.32 Å². The number of benzene rings is 2. The summed E-state index contributed by atoms with van der Waals surface area (Å²) in [4.78, 5) is 10.8. The number of carbonyl (C=O) groups is 1. The number of carboxylic acid groups (broad SMARTS) is 1. The fourth-order valence-electron chi connectivity index (χ4n) is 1.92. The van der Waals surface area contributed by atoms with E-state index < -0.39 is 35.0 Å². The third-order valence-corrected chi connectivity index (χ3v) is 3.01. The van der Waals surface area contributed by atoms with Crippen LogP contribution >= 0.6 is 0 Å². The van der Waals surface area contributed by atoms with Gasteiger partial charge in [0.2, 0.25) is 0 Å². The van der Waals surface area contributed by atoms with Gasteiger partial charge in [0, 0.05) is 12.1 Å². The lowest BCUT2D eigenvalue weighted by Gasteiger charge is -2.17. The molecule has 0 spiro atoms. The first kappa shape index (κ1) is 14.9. The van der Waals surface area contributed by atoms with Crippen molar-refractivity contribution in [1.29, 1.82) is 0 Å². The molecule has 0 bridgehead atoms. The van der Waals surface area contributed by atoms with Crippen LogP contribution in [0.5, 0.6) is 0 Å². The molecular formula is C15H12F3NO2. The van der Waals surface area contributed by atoms with Crippen molar-refractivity contribution in [2.45, 2.75) is 13.0 Å².